The second-order valence-corrected chi connectivity index (χ2v) is 11.3. The molecule has 156 valence electrons. The van der Waals surface area contributed by atoms with E-state index in [0.29, 0.717) is 44.8 Å². The van der Waals surface area contributed by atoms with Crippen molar-refractivity contribution in [3.05, 3.63) is 70.8 Å². The lowest BCUT2D eigenvalue weighted by atomic mass is 9.86. The van der Waals surface area contributed by atoms with E-state index in [4.69, 9.17) is 4.74 Å². The lowest BCUT2D eigenvalue weighted by molar-refractivity contribution is -0.0319. The summed E-state index contributed by atoms with van der Waals surface area (Å²) in [5, 5.41) is 10.7. The highest BCUT2D eigenvalue weighted by Gasteiger charge is 2.55. The Bertz CT molecular complexity index is 1140. The number of aliphatic hydroxyl groups is 1. The van der Waals surface area contributed by atoms with E-state index in [1.165, 1.54) is 11.1 Å². The molecule has 30 heavy (non-hydrogen) atoms. The molecule has 0 amide bonds. The molecule has 6 rings (SSSR count). The number of likely N-dealkylation sites (tertiary alicyclic amines) is 1. The summed E-state index contributed by atoms with van der Waals surface area (Å²) in [6, 6.07) is 16.3. The van der Waals surface area contributed by atoms with Gasteiger partial charge >= 0.3 is 0 Å². The quantitative estimate of drug-likeness (QED) is 0.701. The standard InChI is InChI=1S/C23H24N2O4S/c26-20-22(13-16-5-1-2-6-17(16)14-22)29-21(24-20)25-11-9-23(10-12-25)19-8-4-3-7-18(19)15-30(23,27)28/h1-8,20,26H,9-15H2. The van der Waals surface area contributed by atoms with Crippen LogP contribution in [0.25, 0.3) is 0 Å². The Balaban J connectivity index is 1.23. The molecule has 1 N–H and O–H groups in total. The van der Waals surface area contributed by atoms with Gasteiger partial charge in [0.05, 0.1) is 5.75 Å². The summed E-state index contributed by atoms with van der Waals surface area (Å²) in [6.45, 7) is 1.09. The SMILES string of the molecule is O=S1(=O)Cc2ccccc2C12CCN(C1=NC(O)C3(Cc4ccccc4C3)O1)CC2. The Labute approximate surface area is 176 Å². The number of nitrogens with zero attached hydrogens (tertiary/aromatic N) is 2. The van der Waals surface area contributed by atoms with Crippen molar-refractivity contribution in [2.24, 2.45) is 4.99 Å². The molecule has 2 aromatic rings. The first kappa shape index (κ1) is 18.4. The van der Waals surface area contributed by atoms with Crippen molar-refractivity contribution in [2.45, 2.75) is 48.0 Å². The van der Waals surface area contributed by atoms with Crippen molar-refractivity contribution in [2.75, 3.05) is 13.1 Å². The third kappa shape index (κ3) is 2.39. The molecule has 4 aliphatic rings. The number of hydrogen-bond acceptors (Lipinski definition) is 6. The molecule has 2 aromatic carbocycles. The molecule has 0 radical (unpaired) electrons. The van der Waals surface area contributed by atoms with Gasteiger partial charge < -0.3 is 14.7 Å². The van der Waals surface area contributed by atoms with Gasteiger partial charge in [0, 0.05) is 25.9 Å². The van der Waals surface area contributed by atoms with Gasteiger partial charge in [0.1, 0.15) is 4.75 Å². The first-order chi connectivity index (χ1) is 14.4. The normalized spacial score (nSPS) is 27.0. The molecule has 3 aliphatic heterocycles. The summed E-state index contributed by atoms with van der Waals surface area (Å²) in [5.41, 5.74) is 3.54. The van der Waals surface area contributed by atoms with Crippen LogP contribution in [0.3, 0.4) is 0 Å². The van der Waals surface area contributed by atoms with E-state index in [1.807, 2.05) is 41.3 Å². The first-order valence-corrected chi connectivity index (χ1v) is 12.2. The molecule has 1 fully saturated rings. The van der Waals surface area contributed by atoms with Crippen molar-refractivity contribution < 1.29 is 18.3 Å². The second-order valence-electron chi connectivity index (χ2n) is 8.97. The first-order valence-electron chi connectivity index (χ1n) is 10.5. The van der Waals surface area contributed by atoms with E-state index in [9.17, 15) is 13.5 Å². The number of benzene rings is 2. The fraction of sp³-hybridized carbons (Fsp3) is 0.435. The maximum Gasteiger partial charge on any atom is 0.290 e. The third-order valence-electron chi connectivity index (χ3n) is 7.39. The highest BCUT2D eigenvalue weighted by molar-refractivity contribution is 7.92. The molecule has 0 bridgehead atoms. The fourth-order valence-electron chi connectivity index (χ4n) is 5.73. The van der Waals surface area contributed by atoms with E-state index in [1.54, 1.807) is 0 Å². The summed E-state index contributed by atoms with van der Waals surface area (Å²) in [7, 11) is -3.24. The number of fused-ring (bicyclic) bond motifs is 3. The molecule has 0 aromatic heterocycles. The van der Waals surface area contributed by atoms with Crippen LogP contribution in [0.1, 0.15) is 35.1 Å². The van der Waals surface area contributed by atoms with E-state index in [2.05, 4.69) is 17.1 Å². The summed E-state index contributed by atoms with van der Waals surface area (Å²) >= 11 is 0. The van der Waals surface area contributed by atoms with E-state index in [-0.39, 0.29) is 5.75 Å². The second kappa shape index (κ2) is 6.08. The van der Waals surface area contributed by atoms with Crippen LogP contribution in [0.2, 0.25) is 0 Å². The molecule has 3 heterocycles. The van der Waals surface area contributed by atoms with Crippen LogP contribution in [0.5, 0.6) is 0 Å². The minimum Gasteiger partial charge on any atom is -0.453 e. The van der Waals surface area contributed by atoms with Gasteiger partial charge in [0.25, 0.3) is 6.02 Å². The Morgan fingerprint density at radius 3 is 2.23 bits per heavy atom. The maximum atomic E-state index is 13.1. The van der Waals surface area contributed by atoms with Gasteiger partial charge in [-0.15, -0.1) is 0 Å². The average molecular weight is 425 g/mol. The van der Waals surface area contributed by atoms with Gasteiger partial charge in [-0.3, -0.25) is 0 Å². The molecule has 2 spiro atoms. The largest absolute Gasteiger partial charge is 0.453 e. The lowest BCUT2D eigenvalue weighted by Gasteiger charge is -2.39. The Morgan fingerprint density at radius 1 is 0.967 bits per heavy atom. The zero-order chi connectivity index (χ0) is 20.6. The summed E-state index contributed by atoms with van der Waals surface area (Å²) in [5.74, 6) is 0.126. The molecule has 1 atom stereocenters. The number of ether oxygens (including phenoxy) is 1. The van der Waals surface area contributed by atoms with E-state index < -0.39 is 26.4 Å². The number of aliphatic hydroxyl groups excluding tert-OH is 1. The lowest BCUT2D eigenvalue weighted by Crippen LogP contribution is -2.49. The van der Waals surface area contributed by atoms with Gasteiger partial charge in [-0.05, 0) is 35.1 Å². The van der Waals surface area contributed by atoms with Crippen molar-refractivity contribution in [1.82, 2.24) is 4.90 Å². The number of hydrogen-bond donors (Lipinski definition) is 1. The summed E-state index contributed by atoms with van der Waals surface area (Å²) < 4.78 is 31.7. The van der Waals surface area contributed by atoms with Crippen LogP contribution in [0, 0.1) is 0 Å². The topological polar surface area (TPSA) is 79.2 Å². The minimum absolute atomic E-state index is 0.126. The zero-order valence-corrected chi connectivity index (χ0v) is 17.4. The molecule has 0 saturated carbocycles. The van der Waals surface area contributed by atoms with Crippen LogP contribution in [0.15, 0.2) is 53.5 Å². The van der Waals surface area contributed by atoms with Crippen LogP contribution < -0.4 is 0 Å². The van der Waals surface area contributed by atoms with Crippen LogP contribution in [0.4, 0.5) is 0 Å². The number of aliphatic imine (C=N–C) groups is 1. The fourth-order valence-corrected chi connectivity index (χ4v) is 8.01. The average Bonchev–Trinajstić information content (AvgIpc) is 3.33. The molecule has 1 unspecified atom stereocenters. The van der Waals surface area contributed by atoms with Gasteiger partial charge in [-0.1, -0.05) is 48.5 Å². The Morgan fingerprint density at radius 2 is 1.57 bits per heavy atom. The third-order valence-corrected chi connectivity index (χ3v) is 9.90. The van der Waals surface area contributed by atoms with Gasteiger partial charge in [-0.25, -0.2) is 8.42 Å². The zero-order valence-electron chi connectivity index (χ0n) is 16.6. The van der Waals surface area contributed by atoms with Crippen LogP contribution in [-0.4, -0.2) is 49.4 Å². The minimum atomic E-state index is -3.24. The predicted molar refractivity (Wildman–Crippen MR) is 113 cm³/mol. The molecule has 1 aliphatic carbocycles. The molecule has 7 heteroatoms. The molecule has 6 nitrogen and oxygen atoms in total. The van der Waals surface area contributed by atoms with Gasteiger partial charge in [0.15, 0.2) is 21.7 Å². The van der Waals surface area contributed by atoms with Crippen molar-refractivity contribution in [1.29, 1.82) is 0 Å². The molecular formula is C23H24N2O4S. The van der Waals surface area contributed by atoms with E-state index in [0.717, 1.165) is 11.1 Å². The van der Waals surface area contributed by atoms with E-state index >= 15 is 0 Å². The highest BCUT2D eigenvalue weighted by atomic mass is 32.2. The highest BCUT2D eigenvalue weighted by Crippen LogP contribution is 2.49. The molecular weight excluding hydrogens is 400 g/mol. The monoisotopic (exact) mass is 424 g/mol. The maximum absolute atomic E-state index is 13.1. The number of sulfone groups is 1. The molecule has 1 saturated heterocycles. The van der Waals surface area contributed by atoms with Crippen LogP contribution >= 0.6 is 0 Å². The van der Waals surface area contributed by atoms with Gasteiger partial charge in [0.2, 0.25) is 0 Å². The number of amidine groups is 1. The van der Waals surface area contributed by atoms with Crippen molar-refractivity contribution in [3.8, 4) is 0 Å². The Hall–Kier alpha value is -2.38. The smallest absolute Gasteiger partial charge is 0.290 e. The predicted octanol–water partition coefficient (Wildman–Crippen LogP) is 2.15. The number of rotatable bonds is 0. The van der Waals surface area contributed by atoms with Gasteiger partial charge in [-0.2, -0.15) is 4.99 Å². The summed E-state index contributed by atoms with van der Waals surface area (Å²) in [4.78, 5) is 6.46. The number of piperidine rings is 1. The van der Waals surface area contributed by atoms with Crippen molar-refractivity contribution in [3.63, 3.8) is 0 Å². The summed E-state index contributed by atoms with van der Waals surface area (Å²) in [6.07, 6.45) is 1.39. The van der Waals surface area contributed by atoms with Crippen molar-refractivity contribution >= 4 is 15.9 Å². The Kier molecular flexibility index (Phi) is 3.73. The van der Waals surface area contributed by atoms with Crippen LogP contribution in [-0.2, 0) is 37.9 Å².